The van der Waals surface area contributed by atoms with Gasteiger partial charge in [-0.05, 0) is 26.3 Å². The van der Waals surface area contributed by atoms with Crippen LogP contribution in [-0.4, -0.2) is 24.6 Å². The third kappa shape index (κ3) is 4.09. The second kappa shape index (κ2) is 5.83. The van der Waals surface area contributed by atoms with E-state index in [1.807, 2.05) is 32.0 Å². The Labute approximate surface area is 109 Å². The van der Waals surface area contributed by atoms with Crippen molar-refractivity contribution in [2.75, 3.05) is 6.61 Å². The Bertz CT molecular complexity index is 361. The monoisotopic (exact) mass is 250 g/mol. The molecule has 3 nitrogen and oxygen atoms in total. The molecule has 1 saturated heterocycles. The SMILES string of the molecule is C[C@H]1C[C@H](COCc2ccccc2)OC(C)(C)O1. The van der Waals surface area contributed by atoms with Crippen molar-refractivity contribution in [1.82, 2.24) is 0 Å². The van der Waals surface area contributed by atoms with E-state index in [4.69, 9.17) is 14.2 Å². The van der Waals surface area contributed by atoms with E-state index in [1.54, 1.807) is 0 Å². The lowest BCUT2D eigenvalue weighted by Gasteiger charge is -2.39. The zero-order valence-corrected chi connectivity index (χ0v) is 11.4. The summed E-state index contributed by atoms with van der Waals surface area (Å²) in [6, 6.07) is 10.2. The average Bonchev–Trinajstić information content (AvgIpc) is 2.27. The highest BCUT2D eigenvalue weighted by Crippen LogP contribution is 2.26. The van der Waals surface area contributed by atoms with Crippen LogP contribution in [0.4, 0.5) is 0 Å². The quantitative estimate of drug-likeness (QED) is 0.821. The van der Waals surface area contributed by atoms with Crippen molar-refractivity contribution in [2.45, 2.75) is 51.8 Å². The van der Waals surface area contributed by atoms with Gasteiger partial charge in [-0.1, -0.05) is 30.3 Å². The summed E-state index contributed by atoms with van der Waals surface area (Å²) in [5.41, 5.74) is 1.19. The predicted molar refractivity (Wildman–Crippen MR) is 70.2 cm³/mol. The molecule has 1 aliphatic rings. The third-order valence-corrected chi connectivity index (χ3v) is 2.95. The van der Waals surface area contributed by atoms with Gasteiger partial charge in [0, 0.05) is 6.42 Å². The van der Waals surface area contributed by atoms with Crippen LogP contribution in [0.3, 0.4) is 0 Å². The molecule has 1 fully saturated rings. The fraction of sp³-hybridized carbons (Fsp3) is 0.600. The van der Waals surface area contributed by atoms with Crippen LogP contribution < -0.4 is 0 Å². The van der Waals surface area contributed by atoms with Crippen molar-refractivity contribution in [1.29, 1.82) is 0 Å². The number of hydrogen-bond acceptors (Lipinski definition) is 3. The van der Waals surface area contributed by atoms with Gasteiger partial charge in [-0.3, -0.25) is 0 Å². The molecule has 1 aliphatic heterocycles. The highest BCUT2D eigenvalue weighted by Gasteiger charge is 2.33. The van der Waals surface area contributed by atoms with Gasteiger partial charge in [0.1, 0.15) is 0 Å². The van der Waals surface area contributed by atoms with E-state index in [9.17, 15) is 0 Å². The lowest BCUT2D eigenvalue weighted by molar-refractivity contribution is -0.302. The van der Waals surface area contributed by atoms with Gasteiger partial charge in [-0.2, -0.15) is 0 Å². The number of hydrogen-bond donors (Lipinski definition) is 0. The minimum atomic E-state index is -0.502. The van der Waals surface area contributed by atoms with Gasteiger partial charge in [0.15, 0.2) is 5.79 Å². The second-order valence-electron chi connectivity index (χ2n) is 5.30. The summed E-state index contributed by atoms with van der Waals surface area (Å²) in [6.07, 6.45) is 1.23. The van der Waals surface area contributed by atoms with Crippen LogP contribution in [0.1, 0.15) is 32.8 Å². The zero-order chi connectivity index (χ0) is 13.0. The number of rotatable bonds is 4. The zero-order valence-electron chi connectivity index (χ0n) is 11.4. The third-order valence-electron chi connectivity index (χ3n) is 2.95. The Morgan fingerprint density at radius 1 is 1.22 bits per heavy atom. The molecule has 18 heavy (non-hydrogen) atoms. The van der Waals surface area contributed by atoms with Gasteiger partial charge in [0.25, 0.3) is 0 Å². The predicted octanol–water partition coefficient (Wildman–Crippen LogP) is 3.13. The summed E-state index contributed by atoms with van der Waals surface area (Å²) in [7, 11) is 0. The standard InChI is InChI=1S/C15H22O3/c1-12-9-14(18-15(2,3)17-12)11-16-10-13-7-5-4-6-8-13/h4-8,12,14H,9-11H2,1-3H3/t12-,14+/m0/s1. The van der Waals surface area contributed by atoms with E-state index in [0.29, 0.717) is 13.2 Å². The van der Waals surface area contributed by atoms with Crippen LogP contribution in [0.15, 0.2) is 30.3 Å². The lowest BCUT2D eigenvalue weighted by atomic mass is 10.1. The molecule has 0 amide bonds. The molecule has 3 heteroatoms. The molecule has 2 atom stereocenters. The van der Waals surface area contributed by atoms with Gasteiger partial charge in [0.05, 0.1) is 25.4 Å². The molecule has 0 N–H and O–H groups in total. The largest absolute Gasteiger partial charge is 0.374 e. The van der Waals surface area contributed by atoms with Gasteiger partial charge >= 0.3 is 0 Å². The van der Waals surface area contributed by atoms with Gasteiger partial charge < -0.3 is 14.2 Å². The average molecular weight is 250 g/mol. The van der Waals surface area contributed by atoms with Crippen LogP contribution in [0.25, 0.3) is 0 Å². The number of benzene rings is 1. The maximum atomic E-state index is 5.83. The molecule has 2 rings (SSSR count). The van der Waals surface area contributed by atoms with Crippen LogP contribution in [-0.2, 0) is 20.8 Å². The van der Waals surface area contributed by atoms with E-state index >= 15 is 0 Å². The molecule has 0 aliphatic carbocycles. The highest BCUT2D eigenvalue weighted by atomic mass is 16.7. The molecule has 1 heterocycles. The first-order valence-electron chi connectivity index (χ1n) is 6.52. The van der Waals surface area contributed by atoms with Crippen molar-refractivity contribution >= 4 is 0 Å². The maximum Gasteiger partial charge on any atom is 0.163 e. The van der Waals surface area contributed by atoms with E-state index in [2.05, 4.69) is 19.1 Å². The van der Waals surface area contributed by atoms with Crippen LogP contribution in [0, 0.1) is 0 Å². The van der Waals surface area contributed by atoms with Crippen molar-refractivity contribution in [3.05, 3.63) is 35.9 Å². The molecule has 1 aromatic carbocycles. The Morgan fingerprint density at radius 2 is 1.94 bits per heavy atom. The van der Waals surface area contributed by atoms with Crippen LogP contribution in [0.5, 0.6) is 0 Å². The smallest absolute Gasteiger partial charge is 0.163 e. The molecule has 0 radical (unpaired) electrons. The highest BCUT2D eigenvalue weighted by molar-refractivity contribution is 5.13. The summed E-state index contributed by atoms with van der Waals surface area (Å²) < 4.78 is 17.2. The topological polar surface area (TPSA) is 27.7 Å². The van der Waals surface area contributed by atoms with Gasteiger partial charge in [-0.25, -0.2) is 0 Å². The molecule has 0 saturated carbocycles. The van der Waals surface area contributed by atoms with E-state index in [1.165, 1.54) is 5.56 Å². The molecular weight excluding hydrogens is 228 g/mol. The van der Waals surface area contributed by atoms with E-state index < -0.39 is 5.79 Å². The van der Waals surface area contributed by atoms with Crippen molar-refractivity contribution < 1.29 is 14.2 Å². The summed E-state index contributed by atoms with van der Waals surface area (Å²) >= 11 is 0. The first-order chi connectivity index (χ1) is 8.55. The molecule has 0 spiro atoms. The molecule has 0 unspecified atom stereocenters. The molecule has 100 valence electrons. The normalized spacial score (nSPS) is 27.1. The minimum Gasteiger partial charge on any atom is -0.374 e. The Morgan fingerprint density at radius 3 is 2.61 bits per heavy atom. The first-order valence-corrected chi connectivity index (χ1v) is 6.52. The molecule has 0 bridgehead atoms. The van der Waals surface area contributed by atoms with Crippen LogP contribution >= 0.6 is 0 Å². The first kappa shape index (κ1) is 13.5. The van der Waals surface area contributed by atoms with Crippen molar-refractivity contribution in [3.63, 3.8) is 0 Å². The molecular formula is C15H22O3. The molecule has 1 aromatic rings. The fourth-order valence-corrected chi connectivity index (χ4v) is 2.36. The Balaban J connectivity index is 1.76. The number of ether oxygens (including phenoxy) is 3. The minimum absolute atomic E-state index is 0.118. The molecule has 0 aromatic heterocycles. The van der Waals surface area contributed by atoms with Gasteiger partial charge in [0.2, 0.25) is 0 Å². The summed E-state index contributed by atoms with van der Waals surface area (Å²) in [6.45, 7) is 7.23. The Kier molecular flexibility index (Phi) is 4.38. The van der Waals surface area contributed by atoms with Crippen molar-refractivity contribution in [3.8, 4) is 0 Å². The van der Waals surface area contributed by atoms with Crippen LogP contribution in [0.2, 0.25) is 0 Å². The summed E-state index contributed by atoms with van der Waals surface area (Å²) in [4.78, 5) is 0. The van der Waals surface area contributed by atoms with E-state index in [-0.39, 0.29) is 12.2 Å². The summed E-state index contributed by atoms with van der Waals surface area (Å²) in [5, 5.41) is 0. The van der Waals surface area contributed by atoms with Crippen molar-refractivity contribution in [2.24, 2.45) is 0 Å². The second-order valence-corrected chi connectivity index (χ2v) is 5.30. The van der Waals surface area contributed by atoms with E-state index in [0.717, 1.165) is 6.42 Å². The lowest BCUT2D eigenvalue weighted by Crippen LogP contribution is -2.45. The fourth-order valence-electron chi connectivity index (χ4n) is 2.36. The Hall–Kier alpha value is -0.900. The maximum absolute atomic E-state index is 5.83. The summed E-state index contributed by atoms with van der Waals surface area (Å²) in [5.74, 6) is -0.502. The van der Waals surface area contributed by atoms with Gasteiger partial charge in [-0.15, -0.1) is 0 Å².